The zero-order chi connectivity index (χ0) is 16.3. The van der Waals surface area contributed by atoms with Gasteiger partial charge in [-0.1, -0.05) is 39.1 Å². The van der Waals surface area contributed by atoms with Crippen LogP contribution in [-0.4, -0.2) is 12.0 Å². The average Bonchev–Trinajstić information content (AvgIpc) is 2.44. The minimum Gasteiger partial charge on any atom is -0.481 e. The Labute approximate surface area is 147 Å². The molecular formula is C16H14BrCl2NO2. The molecule has 0 saturated heterocycles. The van der Waals surface area contributed by atoms with Crippen molar-refractivity contribution < 1.29 is 9.53 Å². The molecule has 0 radical (unpaired) electrons. The summed E-state index contributed by atoms with van der Waals surface area (Å²) in [5, 5.41) is 3.83. The highest BCUT2D eigenvalue weighted by Crippen LogP contribution is 2.26. The summed E-state index contributed by atoms with van der Waals surface area (Å²) < 4.78 is 6.52. The fourth-order valence-electron chi connectivity index (χ4n) is 1.81. The van der Waals surface area contributed by atoms with Gasteiger partial charge in [-0.25, -0.2) is 0 Å². The Bertz CT molecular complexity index is 707. The third-order valence-corrected chi connectivity index (χ3v) is 4.04. The van der Waals surface area contributed by atoms with E-state index in [-0.39, 0.29) is 5.91 Å². The summed E-state index contributed by atoms with van der Waals surface area (Å²) in [4.78, 5) is 12.2. The second-order valence-electron chi connectivity index (χ2n) is 4.78. The predicted octanol–water partition coefficient (Wildman–Crippen LogP) is 5.47. The molecule has 1 atom stereocenters. The molecule has 3 nitrogen and oxygen atoms in total. The molecule has 1 amide bonds. The SMILES string of the molecule is Cc1cc(Cl)ccc1OC(C)C(=O)Nc1ccc(Br)cc1Cl. The van der Waals surface area contributed by atoms with Crippen molar-refractivity contribution in [3.8, 4) is 5.75 Å². The van der Waals surface area contributed by atoms with Gasteiger partial charge >= 0.3 is 0 Å². The molecule has 0 spiro atoms. The third kappa shape index (κ3) is 4.38. The van der Waals surface area contributed by atoms with Crippen LogP contribution in [0.25, 0.3) is 0 Å². The molecule has 2 rings (SSSR count). The van der Waals surface area contributed by atoms with Crippen LogP contribution >= 0.6 is 39.1 Å². The number of anilines is 1. The topological polar surface area (TPSA) is 38.3 Å². The number of carbonyl (C=O) groups is 1. The van der Waals surface area contributed by atoms with Crippen molar-refractivity contribution in [2.24, 2.45) is 0 Å². The quantitative estimate of drug-likeness (QED) is 0.736. The molecule has 0 bridgehead atoms. The Morgan fingerprint density at radius 2 is 1.95 bits per heavy atom. The van der Waals surface area contributed by atoms with Gasteiger partial charge in [-0.15, -0.1) is 0 Å². The first kappa shape index (κ1) is 17.1. The number of hydrogen-bond donors (Lipinski definition) is 1. The number of carbonyl (C=O) groups excluding carboxylic acids is 1. The van der Waals surface area contributed by atoms with Gasteiger partial charge < -0.3 is 10.1 Å². The van der Waals surface area contributed by atoms with E-state index in [0.29, 0.717) is 21.5 Å². The first-order valence-corrected chi connectivity index (χ1v) is 8.10. The van der Waals surface area contributed by atoms with Crippen LogP contribution in [0.5, 0.6) is 5.75 Å². The molecule has 1 unspecified atom stereocenters. The van der Waals surface area contributed by atoms with E-state index in [4.69, 9.17) is 27.9 Å². The molecule has 22 heavy (non-hydrogen) atoms. The fourth-order valence-corrected chi connectivity index (χ4v) is 2.76. The summed E-state index contributed by atoms with van der Waals surface area (Å²) in [6, 6.07) is 10.5. The molecule has 0 aliphatic rings. The summed E-state index contributed by atoms with van der Waals surface area (Å²) in [6.07, 6.45) is -0.667. The van der Waals surface area contributed by atoms with Crippen molar-refractivity contribution in [1.82, 2.24) is 0 Å². The van der Waals surface area contributed by atoms with E-state index < -0.39 is 6.10 Å². The van der Waals surface area contributed by atoms with Gasteiger partial charge in [0, 0.05) is 9.50 Å². The molecule has 2 aromatic rings. The van der Waals surface area contributed by atoms with Crippen LogP contribution < -0.4 is 10.1 Å². The molecule has 0 aliphatic heterocycles. The third-order valence-electron chi connectivity index (χ3n) is 3.00. The maximum Gasteiger partial charge on any atom is 0.265 e. The average molecular weight is 403 g/mol. The first-order chi connectivity index (χ1) is 10.4. The second-order valence-corrected chi connectivity index (χ2v) is 6.54. The lowest BCUT2D eigenvalue weighted by Gasteiger charge is -2.17. The van der Waals surface area contributed by atoms with E-state index >= 15 is 0 Å². The maximum absolute atomic E-state index is 12.2. The highest BCUT2D eigenvalue weighted by atomic mass is 79.9. The molecule has 0 saturated carbocycles. The summed E-state index contributed by atoms with van der Waals surface area (Å²) in [5.74, 6) is 0.340. The zero-order valence-electron chi connectivity index (χ0n) is 12.0. The van der Waals surface area contributed by atoms with Crippen molar-refractivity contribution in [3.63, 3.8) is 0 Å². The molecule has 2 aromatic carbocycles. The Balaban J connectivity index is 2.05. The Morgan fingerprint density at radius 3 is 2.59 bits per heavy atom. The second kappa shape index (κ2) is 7.36. The van der Waals surface area contributed by atoms with Gasteiger partial charge in [-0.2, -0.15) is 0 Å². The van der Waals surface area contributed by atoms with Crippen molar-refractivity contribution in [1.29, 1.82) is 0 Å². The lowest BCUT2D eigenvalue weighted by molar-refractivity contribution is -0.122. The number of amides is 1. The molecule has 0 fully saturated rings. The van der Waals surface area contributed by atoms with E-state index in [0.717, 1.165) is 10.0 Å². The summed E-state index contributed by atoms with van der Waals surface area (Å²) in [6.45, 7) is 3.55. The van der Waals surface area contributed by atoms with Crippen LogP contribution in [0.3, 0.4) is 0 Å². The summed E-state index contributed by atoms with van der Waals surface area (Å²) >= 11 is 15.3. The number of nitrogens with one attached hydrogen (secondary N) is 1. The monoisotopic (exact) mass is 401 g/mol. The normalized spacial score (nSPS) is 11.9. The van der Waals surface area contributed by atoms with E-state index in [1.807, 2.05) is 6.92 Å². The molecule has 0 heterocycles. The van der Waals surface area contributed by atoms with Gasteiger partial charge in [0.25, 0.3) is 5.91 Å². The van der Waals surface area contributed by atoms with Crippen LogP contribution in [0.15, 0.2) is 40.9 Å². The number of ether oxygens (including phenoxy) is 1. The first-order valence-electron chi connectivity index (χ1n) is 6.55. The van der Waals surface area contributed by atoms with Gasteiger partial charge in [0.05, 0.1) is 10.7 Å². The molecule has 116 valence electrons. The van der Waals surface area contributed by atoms with Crippen LogP contribution in [-0.2, 0) is 4.79 Å². The van der Waals surface area contributed by atoms with E-state index in [1.54, 1.807) is 43.3 Å². The number of halogens is 3. The Kier molecular flexibility index (Phi) is 5.73. The maximum atomic E-state index is 12.2. The van der Waals surface area contributed by atoms with E-state index in [2.05, 4.69) is 21.2 Å². The molecule has 0 aromatic heterocycles. The number of rotatable bonds is 4. The van der Waals surface area contributed by atoms with Gasteiger partial charge in [-0.05, 0) is 55.8 Å². The van der Waals surface area contributed by atoms with Crippen molar-refractivity contribution in [2.45, 2.75) is 20.0 Å². The summed E-state index contributed by atoms with van der Waals surface area (Å²) in [7, 11) is 0. The van der Waals surface area contributed by atoms with E-state index in [1.165, 1.54) is 0 Å². The number of aryl methyl sites for hydroxylation is 1. The largest absolute Gasteiger partial charge is 0.481 e. The van der Waals surface area contributed by atoms with Crippen molar-refractivity contribution >= 4 is 50.7 Å². The highest BCUT2D eigenvalue weighted by Gasteiger charge is 2.17. The van der Waals surface area contributed by atoms with Gasteiger partial charge in [0.2, 0.25) is 0 Å². The van der Waals surface area contributed by atoms with Crippen LogP contribution in [0, 0.1) is 6.92 Å². The molecular weight excluding hydrogens is 389 g/mol. The van der Waals surface area contributed by atoms with Gasteiger partial charge in [0.1, 0.15) is 5.75 Å². The molecule has 0 aliphatic carbocycles. The van der Waals surface area contributed by atoms with Crippen molar-refractivity contribution in [2.75, 3.05) is 5.32 Å². The minimum absolute atomic E-state index is 0.279. The number of benzene rings is 2. The number of hydrogen-bond acceptors (Lipinski definition) is 2. The lowest BCUT2D eigenvalue weighted by Crippen LogP contribution is -2.30. The fraction of sp³-hybridized carbons (Fsp3) is 0.188. The minimum atomic E-state index is -0.667. The van der Waals surface area contributed by atoms with Crippen LogP contribution in [0.2, 0.25) is 10.0 Å². The smallest absolute Gasteiger partial charge is 0.265 e. The van der Waals surface area contributed by atoms with Gasteiger partial charge in [0.15, 0.2) is 6.10 Å². The van der Waals surface area contributed by atoms with E-state index in [9.17, 15) is 4.79 Å². The predicted molar refractivity (Wildman–Crippen MR) is 94.1 cm³/mol. The van der Waals surface area contributed by atoms with Gasteiger partial charge in [-0.3, -0.25) is 4.79 Å². The highest BCUT2D eigenvalue weighted by molar-refractivity contribution is 9.10. The molecule has 1 N–H and O–H groups in total. The Morgan fingerprint density at radius 1 is 1.23 bits per heavy atom. The van der Waals surface area contributed by atoms with Crippen LogP contribution in [0.4, 0.5) is 5.69 Å². The Hall–Kier alpha value is -1.23. The summed E-state index contributed by atoms with van der Waals surface area (Å²) in [5.41, 5.74) is 1.41. The zero-order valence-corrected chi connectivity index (χ0v) is 15.1. The lowest BCUT2D eigenvalue weighted by atomic mass is 10.2. The molecule has 6 heteroatoms. The standard InChI is InChI=1S/C16H14BrCl2NO2/c1-9-7-12(18)4-6-15(9)22-10(2)16(21)20-14-5-3-11(17)8-13(14)19/h3-8,10H,1-2H3,(H,20,21). The van der Waals surface area contributed by atoms with Crippen LogP contribution in [0.1, 0.15) is 12.5 Å². The van der Waals surface area contributed by atoms with Crippen molar-refractivity contribution in [3.05, 3.63) is 56.5 Å².